The average Bonchev–Trinajstić information content (AvgIpc) is 2.60. The lowest BCUT2D eigenvalue weighted by atomic mass is 9.84. The Morgan fingerprint density at radius 2 is 2.27 bits per heavy atom. The van der Waals surface area contributed by atoms with E-state index in [0.717, 1.165) is 6.42 Å². The summed E-state index contributed by atoms with van der Waals surface area (Å²) in [7, 11) is 0. The summed E-state index contributed by atoms with van der Waals surface area (Å²) < 4.78 is 25.1. The summed E-state index contributed by atoms with van der Waals surface area (Å²) in [5.41, 5.74) is 0.340. The van der Waals surface area contributed by atoms with Crippen molar-refractivity contribution in [2.45, 2.75) is 31.0 Å². The molecule has 1 aromatic carbocycles. The molecule has 2 saturated heterocycles. The highest BCUT2D eigenvalue weighted by atomic mass is 19.1. The van der Waals surface area contributed by atoms with Crippen LogP contribution >= 0.6 is 0 Å². The van der Waals surface area contributed by atoms with E-state index in [-0.39, 0.29) is 29.9 Å². The summed E-state index contributed by atoms with van der Waals surface area (Å²) in [6.07, 6.45) is 6.50. The molecule has 0 aliphatic carbocycles. The molecule has 136 valence electrons. The number of nitrogens with zero attached hydrogens (tertiary/aromatic N) is 3. The second-order valence-electron chi connectivity index (χ2n) is 6.86. The van der Waals surface area contributed by atoms with Gasteiger partial charge in [-0.1, -0.05) is 12.1 Å². The molecule has 1 amide bonds. The zero-order valence-corrected chi connectivity index (χ0v) is 14.3. The second kappa shape index (κ2) is 6.99. The fraction of sp³-hybridized carbons (Fsp3) is 0.421. The molecule has 0 saturated carbocycles. The predicted octanol–water partition coefficient (Wildman–Crippen LogP) is 2.00. The minimum Gasteiger partial charge on any atom is -0.473 e. The monoisotopic (exact) mass is 357 g/mol. The van der Waals surface area contributed by atoms with E-state index in [0.29, 0.717) is 37.6 Å². The van der Waals surface area contributed by atoms with E-state index in [1.807, 2.05) is 0 Å². The summed E-state index contributed by atoms with van der Waals surface area (Å²) in [4.78, 5) is 22.3. The minimum atomic E-state index is -0.345. The topological polar surface area (TPSA) is 64.6 Å². The van der Waals surface area contributed by atoms with Crippen molar-refractivity contribution in [3.63, 3.8) is 0 Å². The largest absolute Gasteiger partial charge is 0.473 e. The van der Waals surface area contributed by atoms with E-state index in [2.05, 4.69) is 9.97 Å². The third kappa shape index (κ3) is 3.67. The lowest BCUT2D eigenvalue weighted by molar-refractivity contribution is -0.193. The van der Waals surface area contributed by atoms with Crippen LogP contribution in [0, 0.1) is 5.82 Å². The summed E-state index contributed by atoms with van der Waals surface area (Å²) in [6.45, 7) is 1.68. The molecule has 1 atom stereocenters. The van der Waals surface area contributed by atoms with E-state index in [4.69, 9.17) is 9.47 Å². The molecule has 1 spiro atoms. The lowest BCUT2D eigenvalue weighted by Gasteiger charge is -2.52. The molecule has 2 aromatic rings. The second-order valence-corrected chi connectivity index (χ2v) is 6.86. The van der Waals surface area contributed by atoms with E-state index in [9.17, 15) is 9.18 Å². The Balaban J connectivity index is 1.31. The van der Waals surface area contributed by atoms with Crippen LogP contribution in [-0.4, -0.2) is 52.2 Å². The van der Waals surface area contributed by atoms with Crippen molar-refractivity contribution in [2.24, 2.45) is 0 Å². The number of hydrogen-bond acceptors (Lipinski definition) is 5. The van der Waals surface area contributed by atoms with Gasteiger partial charge >= 0.3 is 0 Å². The number of benzene rings is 1. The van der Waals surface area contributed by atoms with Crippen LogP contribution in [0.5, 0.6) is 5.88 Å². The maximum atomic E-state index is 13.3. The highest BCUT2D eigenvalue weighted by Crippen LogP contribution is 2.35. The molecule has 1 aromatic heterocycles. The number of hydrogen-bond donors (Lipinski definition) is 0. The van der Waals surface area contributed by atoms with Crippen molar-refractivity contribution < 1.29 is 18.7 Å². The third-order valence-corrected chi connectivity index (χ3v) is 4.83. The molecule has 3 heterocycles. The van der Waals surface area contributed by atoms with Crippen LogP contribution in [0.2, 0.25) is 0 Å². The number of likely N-dealkylation sites (tertiary alicyclic amines) is 1. The van der Waals surface area contributed by atoms with Crippen molar-refractivity contribution in [2.75, 3.05) is 19.7 Å². The fourth-order valence-corrected chi connectivity index (χ4v) is 3.58. The van der Waals surface area contributed by atoms with E-state index in [1.165, 1.54) is 12.1 Å². The number of ether oxygens (including phenoxy) is 2. The Hall–Kier alpha value is -2.54. The maximum Gasteiger partial charge on any atom is 0.232 e. The molecule has 0 unspecified atom stereocenters. The molecular weight excluding hydrogens is 337 g/mol. The molecule has 0 N–H and O–H groups in total. The quantitative estimate of drug-likeness (QED) is 0.837. The van der Waals surface area contributed by atoms with E-state index < -0.39 is 0 Å². The van der Waals surface area contributed by atoms with Crippen molar-refractivity contribution in [3.8, 4) is 5.88 Å². The Kier molecular flexibility index (Phi) is 4.55. The summed E-state index contributed by atoms with van der Waals surface area (Å²) in [5, 5.41) is 0. The molecule has 2 aliphatic rings. The van der Waals surface area contributed by atoms with Gasteiger partial charge in [0.2, 0.25) is 11.8 Å². The zero-order chi connectivity index (χ0) is 18.0. The lowest BCUT2D eigenvalue weighted by Crippen LogP contribution is -2.67. The van der Waals surface area contributed by atoms with Crippen LogP contribution in [0.4, 0.5) is 4.39 Å². The molecule has 6 nitrogen and oxygen atoms in total. The van der Waals surface area contributed by atoms with Crippen LogP contribution < -0.4 is 4.74 Å². The van der Waals surface area contributed by atoms with Gasteiger partial charge in [-0.2, -0.15) is 0 Å². The van der Waals surface area contributed by atoms with Gasteiger partial charge in [-0.15, -0.1) is 0 Å². The minimum absolute atomic E-state index is 0.000853. The van der Waals surface area contributed by atoms with Crippen LogP contribution in [0.25, 0.3) is 0 Å². The molecule has 7 heteroatoms. The Morgan fingerprint density at radius 3 is 3.04 bits per heavy atom. The Morgan fingerprint density at radius 1 is 1.38 bits per heavy atom. The predicted molar refractivity (Wildman–Crippen MR) is 91.0 cm³/mol. The Bertz CT molecular complexity index is 781. The fourth-order valence-electron chi connectivity index (χ4n) is 3.58. The standard InChI is InChI=1S/C19H20FN3O3/c20-15-3-1-2-14(8-15)9-18(24)23-12-19(13-23)10-16(4-7-25-19)26-17-11-21-5-6-22-17/h1-3,5-6,8,11,16H,4,7,9-10,12-13H2/t16-/m1/s1. The van der Waals surface area contributed by atoms with Crippen molar-refractivity contribution in [1.29, 1.82) is 0 Å². The first-order valence-electron chi connectivity index (χ1n) is 8.71. The van der Waals surface area contributed by atoms with Gasteiger partial charge in [-0.3, -0.25) is 9.78 Å². The van der Waals surface area contributed by atoms with Crippen LogP contribution in [-0.2, 0) is 16.0 Å². The summed E-state index contributed by atoms with van der Waals surface area (Å²) >= 11 is 0. The van der Waals surface area contributed by atoms with Gasteiger partial charge in [0.1, 0.15) is 17.5 Å². The number of aromatic nitrogens is 2. The van der Waals surface area contributed by atoms with Crippen molar-refractivity contribution in [3.05, 3.63) is 54.2 Å². The maximum absolute atomic E-state index is 13.3. The zero-order valence-electron chi connectivity index (χ0n) is 14.3. The van der Waals surface area contributed by atoms with Gasteiger partial charge in [-0.25, -0.2) is 9.37 Å². The normalized spacial score (nSPS) is 21.3. The van der Waals surface area contributed by atoms with Crippen molar-refractivity contribution in [1.82, 2.24) is 14.9 Å². The first-order valence-corrected chi connectivity index (χ1v) is 8.71. The molecule has 2 aliphatic heterocycles. The van der Waals surface area contributed by atoms with E-state index >= 15 is 0 Å². The van der Waals surface area contributed by atoms with Gasteiger partial charge in [0.25, 0.3) is 0 Å². The first-order chi connectivity index (χ1) is 12.6. The van der Waals surface area contributed by atoms with Crippen LogP contribution in [0.3, 0.4) is 0 Å². The number of rotatable bonds is 4. The summed E-state index contributed by atoms with van der Waals surface area (Å²) in [6, 6.07) is 6.15. The molecule has 4 rings (SSSR count). The van der Waals surface area contributed by atoms with Gasteiger partial charge in [-0.05, 0) is 17.7 Å². The molecule has 2 fully saturated rings. The Labute approximate surface area is 151 Å². The molecular formula is C19H20FN3O3. The molecule has 0 radical (unpaired) electrons. The van der Waals surface area contributed by atoms with Gasteiger partial charge in [0.15, 0.2) is 0 Å². The SMILES string of the molecule is O=C(Cc1cccc(F)c1)N1CC2(C[C@H](Oc3cnccn3)CCO2)C1. The first kappa shape index (κ1) is 16.9. The smallest absolute Gasteiger partial charge is 0.232 e. The molecule has 0 bridgehead atoms. The van der Waals surface area contributed by atoms with Crippen LogP contribution in [0.1, 0.15) is 18.4 Å². The average molecular weight is 357 g/mol. The van der Waals surface area contributed by atoms with Crippen LogP contribution in [0.15, 0.2) is 42.9 Å². The van der Waals surface area contributed by atoms with Gasteiger partial charge in [0.05, 0.1) is 32.3 Å². The van der Waals surface area contributed by atoms with Gasteiger partial charge < -0.3 is 14.4 Å². The number of carbonyl (C=O) groups excluding carboxylic acids is 1. The van der Waals surface area contributed by atoms with E-state index in [1.54, 1.807) is 35.6 Å². The number of carbonyl (C=O) groups is 1. The highest BCUT2D eigenvalue weighted by Gasteiger charge is 2.49. The number of halogens is 1. The van der Waals surface area contributed by atoms with Crippen molar-refractivity contribution >= 4 is 5.91 Å². The highest BCUT2D eigenvalue weighted by molar-refractivity contribution is 5.80. The third-order valence-electron chi connectivity index (χ3n) is 4.83. The summed E-state index contributed by atoms with van der Waals surface area (Å²) in [5.74, 6) is 0.171. The number of amides is 1. The van der Waals surface area contributed by atoms with Gasteiger partial charge in [0, 0.05) is 25.2 Å². The molecule has 26 heavy (non-hydrogen) atoms.